The Balaban J connectivity index is 1.72. The number of para-hydroxylation sites is 1. The topological polar surface area (TPSA) is 51.8 Å². The molecule has 0 unspecified atom stereocenters. The predicted octanol–water partition coefficient (Wildman–Crippen LogP) is 2.96. The summed E-state index contributed by atoms with van der Waals surface area (Å²) in [5.74, 6) is 2.38. The van der Waals surface area contributed by atoms with Crippen molar-refractivity contribution in [3.8, 4) is 17.2 Å². The second-order valence-electron chi connectivity index (χ2n) is 5.68. The summed E-state index contributed by atoms with van der Waals surface area (Å²) in [6.45, 7) is 1.50. The van der Waals surface area contributed by atoms with Gasteiger partial charge in [-0.1, -0.05) is 24.3 Å². The minimum Gasteiger partial charge on any atom is -0.496 e. The van der Waals surface area contributed by atoms with Gasteiger partial charge in [0.1, 0.15) is 5.75 Å². The normalized spacial score (nSPS) is 10.1. The Morgan fingerprint density at radius 3 is 2.15 bits per heavy atom. The van der Waals surface area contributed by atoms with Crippen LogP contribution >= 0.6 is 12.2 Å². The Bertz CT molecular complexity index is 722. The molecule has 26 heavy (non-hydrogen) atoms. The molecule has 0 saturated heterocycles. The van der Waals surface area contributed by atoms with Gasteiger partial charge in [0.25, 0.3) is 0 Å². The van der Waals surface area contributed by atoms with E-state index < -0.39 is 0 Å². The summed E-state index contributed by atoms with van der Waals surface area (Å²) in [7, 11) is 4.96. The highest BCUT2D eigenvalue weighted by molar-refractivity contribution is 7.80. The van der Waals surface area contributed by atoms with Crippen molar-refractivity contribution < 1.29 is 14.2 Å². The van der Waals surface area contributed by atoms with Crippen LogP contribution in [-0.4, -0.2) is 39.5 Å². The molecule has 0 bridgehead atoms. The Morgan fingerprint density at radius 1 is 0.808 bits per heavy atom. The van der Waals surface area contributed by atoms with E-state index in [9.17, 15) is 0 Å². The van der Waals surface area contributed by atoms with E-state index in [2.05, 4.69) is 16.7 Å². The number of ether oxygens (including phenoxy) is 3. The van der Waals surface area contributed by atoms with Crippen molar-refractivity contribution >= 4 is 17.3 Å². The molecule has 0 fully saturated rings. The van der Waals surface area contributed by atoms with Crippen molar-refractivity contribution in [1.29, 1.82) is 0 Å². The molecule has 0 aliphatic rings. The van der Waals surface area contributed by atoms with Gasteiger partial charge in [-0.15, -0.1) is 0 Å². The van der Waals surface area contributed by atoms with Crippen LogP contribution in [0.4, 0.5) is 0 Å². The zero-order valence-corrected chi connectivity index (χ0v) is 16.3. The van der Waals surface area contributed by atoms with Crippen molar-refractivity contribution in [2.24, 2.45) is 0 Å². The molecule has 0 radical (unpaired) electrons. The fraction of sp³-hybridized carbons (Fsp3) is 0.350. The zero-order valence-electron chi connectivity index (χ0n) is 15.5. The molecule has 0 aliphatic heterocycles. The molecule has 0 spiro atoms. The van der Waals surface area contributed by atoms with Crippen molar-refractivity contribution in [3.63, 3.8) is 0 Å². The van der Waals surface area contributed by atoms with E-state index in [0.29, 0.717) is 5.11 Å². The van der Waals surface area contributed by atoms with E-state index >= 15 is 0 Å². The van der Waals surface area contributed by atoms with Crippen LogP contribution in [0.2, 0.25) is 0 Å². The van der Waals surface area contributed by atoms with E-state index in [-0.39, 0.29) is 0 Å². The molecular formula is C20H26N2O3S. The van der Waals surface area contributed by atoms with Gasteiger partial charge in [0.05, 0.1) is 21.3 Å². The standard InChI is InChI=1S/C20H26N2O3S/c1-23-17-7-5-4-6-16(17)11-13-22-20(26)21-12-10-15-8-9-18(24-2)19(14-15)25-3/h4-9,14H,10-13H2,1-3H3,(H2,21,22,26). The zero-order chi connectivity index (χ0) is 18.8. The maximum Gasteiger partial charge on any atom is 0.166 e. The average Bonchev–Trinajstić information content (AvgIpc) is 2.68. The Hall–Kier alpha value is -2.47. The van der Waals surface area contributed by atoms with Gasteiger partial charge in [-0.2, -0.15) is 0 Å². The quantitative estimate of drug-likeness (QED) is 0.658. The number of thiocarbonyl (C=S) groups is 1. The molecule has 2 aromatic carbocycles. The molecule has 2 aromatic rings. The predicted molar refractivity (Wildman–Crippen MR) is 109 cm³/mol. The third kappa shape index (κ3) is 5.81. The molecule has 2 rings (SSSR count). The minimum absolute atomic E-state index is 0.653. The smallest absolute Gasteiger partial charge is 0.166 e. The van der Waals surface area contributed by atoms with Gasteiger partial charge in [-0.25, -0.2) is 0 Å². The van der Waals surface area contributed by atoms with Gasteiger partial charge >= 0.3 is 0 Å². The first-order chi connectivity index (χ1) is 12.7. The second kappa shape index (κ2) is 10.5. The summed E-state index contributed by atoms with van der Waals surface area (Å²) in [5, 5.41) is 7.11. The first kappa shape index (κ1) is 19.8. The van der Waals surface area contributed by atoms with E-state index in [0.717, 1.165) is 54.3 Å². The van der Waals surface area contributed by atoms with E-state index in [1.165, 1.54) is 0 Å². The van der Waals surface area contributed by atoms with Crippen LogP contribution in [0.5, 0.6) is 17.2 Å². The molecule has 0 heterocycles. The number of methoxy groups -OCH3 is 3. The third-order valence-corrected chi connectivity index (χ3v) is 4.31. The van der Waals surface area contributed by atoms with Crippen molar-refractivity contribution in [1.82, 2.24) is 10.6 Å². The lowest BCUT2D eigenvalue weighted by Gasteiger charge is -2.13. The number of hydrogen-bond donors (Lipinski definition) is 2. The SMILES string of the molecule is COc1ccccc1CCNC(=S)NCCc1ccc(OC)c(OC)c1. The van der Waals surface area contributed by atoms with Crippen LogP contribution in [0.15, 0.2) is 42.5 Å². The molecular weight excluding hydrogens is 348 g/mol. The molecule has 0 atom stereocenters. The third-order valence-electron chi connectivity index (χ3n) is 4.02. The molecule has 5 nitrogen and oxygen atoms in total. The summed E-state index contributed by atoms with van der Waals surface area (Å²) in [5.41, 5.74) is 2.32. The van der Waals surface area contributed by atoms with Crippen LogP contribution in [0.1, 0.15) is 11.1 Å². The molecule has 6 heteroatoms. The van der Waals surface area contributed by atoms with Gasteiger partial charge in [-0.3, -0.25) is 0 Å². The van der Waals surface area contributed by atoms with Crippen LogP contribution in [0.25, 0.3) is 0 Å². The highest BCUT2D eigenvalue weighted by Gasteiger charge is 2.05. The van der Waals surface area contributed by atoms with Crippen LogP contribution in [-0.2, 0) is 12.8 Å². The fourth-order valence-electron chi connectivity index (χ4n) is 2.64. The second-order valence-corrected chi connectivity index (χ2v) is 6.09. The lowest BCUT2D eigenvalue weighted by atomic mass is 10.1. The molecule has 140 valence electrons. The van der Waals surface area contributed by atoms with Crippen LogP contribution < -0.4 is 24.8 Å². The first-order valence-corrected chi connectivity index (χ1v) is 8.93. The van der Waals surface area contributed by atoms with Crippen molar-refractivity contribution in [3.05, 3.63) is 53.6 Å². The van der Waals surface area contributed by atoms with Gasteiger partial charge in [-0.05, 0) is 54.4 Å². The summed E-state index contributed by atoms with van der Waals surface area (Å²) in [4.78, 5) is 0. The number of hydrogen-bond acceptors (Lipinski definition) is 4. The lowest BCUT2D eigenvalue weighted by Crippen LogP contribution is -2.37. The number of nitrogens with one attached hydrogen (secondary N) is 2. The van der Waals surface area contributed by atoms with Crippen LogP contribution in [0, 0.1) is 0 Å². The molecule has 0 saturated carbocycles. The van der Waals surface area contributed by atoms with Gasteiger partial charge in [0.15, 0.2) is 16.6 Å². The number of benzene rings is 2. The maximum absolute atomic E-state index is 5.36. The molecule has 0 aliphatic carbocycles. The summed E-state index contributed by atoms with van der Waals surface area (Å²) in [6.07, 6.45) is 1.69. The Labute approximate surface area is 160 Å². The summed E-state index contributed by atoms with van der Waals surface area (Å²) >= 11 is 5.34. The number of rotatable bonds is 9. The van der Waals surface area contributed by atoms with Gasteiger partial charge in [0, 0.05) is 13.1 Å². The Kier molecular flexibility index (Phi) is 8.02. The summed E-state index contributed by atoms with van der Waals surface area (Å²) in [6, 6.07) is 13.9. The van der Waals surface area contributed by atoms with E-state index in [1.807, 2.05) is 36.4 Å². The monoisotopic (exact) mass is 374 g/mol. The largest absolute Gasteiger partial charge is 0.496 e. The van der Waals surface area contributed by atoms with Crippen molar-refractivity contribution in [2.45, 2.75) is 12.8 Å². The van der Waals surface area contributed by atoms with Gasteiger partial charge < -0.3 is 24.8 Å². The molecule has 2 N–H and O–H groups in total. The fourth-order valence-corrected chi connectivity index (χ4v) is 2.84. The van der Waals surface area contributed by atoms with Crippen molar-refractivity contribution in [2.75, 3.05) is 34.4 Å². The highest BCUT2D eigenvalue weighted by Crippen LogP contribution is 2.27. The van der Waals surface area contributed by atoms with Crippen LogP contribution in [0.3, 0.4) is 0 Å². The molecule has 0 aromatic heterocycles. The highest BCUT2D eigenvalue weighted by atomic mass is 32.1. The maximum atomic E-state index is 5.36. The van der Waals surface area contributed by atoms with E-state index in [1.54, 1.807) is 21.3 Å². The molecule has 0 amide bonds. The lowest BCUT2D eigenvalue weighted by molar-refractivity contribution is 0.354. The van der Waals surface area contributed by atoms with E-state index in [4.69, 9.17) is 26.4 Å². The minimum atomic E-state index is 0.653. The van der Waals surface area contributed by atoms with Gasteiger partial charge in [0.2, 0.25) is 0 Å². The summed E-state index contributed by atoms with van der Waals surface area (Å²) < 4.78 is 15.9. The first-order valence-electron chi connectivity index (χ1n) is 8.52. The average molecular weight is 375 g/mol. The Morgan fingerprint density at radius 2 is 1.46 bits per heavy atom.